The Kier molecular flexibility index (Phi) is 5.98. The van der Waals surface area contributed by atoms with Gasteiger partial charge < -0.3 is 9.84 Å². The zero-order valence-corrected chi connectivity index (χ0v) is 12.0. The van der Waals surface area contributed by atoms with Crippen molar-refractivity contribution >= 4 is 5.78 Å². The van der Waals surface area contributed by atoms with E-state index in [1.807, 2.05) is 54.6 Å². The van der Waals surface area contributed by atoms with Gasteiger partial charge in [0.2, 0.25) is 0 Å². The highest BCUT2D eigenvalue weighted by Gasteiger charge is 2.06. The van der Waals surface area contributed by atoms with E-state index in [-0.39, 0.29) is 12.4 Å². The molecule has 3 heteroatoms. The van der Waals surface area contributed by atoms with Gasteiger partial charge in [-0.15, -0.1) is 0 Å². The van der Waals surface area contributed by atoms with E-state index in [4.69, 9.17) is 9.84 Å². The number of para-hydroxylation sites is 1. The monoisotopic (exact) mass is 284 g/mol. The summed E-state index contributed by atoms with van der Waals surface area (Å²) in [5, 5.41) is 9.01. The van der Waals surface area contributed by atoms with Crippen LogP contribution < -0.4 is 4.74 Å². The van der Waals surface area contributed by atoms with Crippen LogP contribution in [-0.2, 0) is 6.42 Å². The molecular formula is C18H20O3. The summed E-state index contributed by atoms with van der Waals surface area (Å²) in [6, 6.07) is 17.0. The molecule has 0 aliphatic heterocycles. The lowest BCUT2D eigenvalue weighted by Crippen LogP contribution is -2.05. The van der Waals surface area contributed by atoms with Gasteiger partial charge in [0.15, 0.2) is 5.78 Å². The number of carbonyl (C=O) groups is 1. The lowest BCUT2D eigenvalue weighted by molar-refractivity contribution is 0.0973. The minimum absolute atomic E-state index is 0.104. The Bertz CT molecular complexity index is 564. The summed E-state index contributed by atoms with van der Waals surface area (Å²) in [7, 11) is 0. The fourth-order valence-corrected chi connectivity index (χ4v) is 2.15. The van der Waals surface area contributed by atoms with Gasteiger partial charge in [-0.05, 0) is 24.5 Å². The molecule has 0 amide bonds. The fraction of sp³-hybridized carbons (Fsp3) is 0.278. The van der Waals surface area contributed by atoms with Crippen LogP contribution in [0.2, 0.25) is 0 Å². The Morgan fingerprint density at radius 1 is 1.00 bits per heavy atom. The molecule has 2 rings (SSSR count). The van der Waals surface area contributed by atoms with Gasteiger partial charge in [-0.1, -0.05) is 48.5 Å². The van der Waals surface area contributed by atoms with Crippen molar-refractivity contribution in [2.24, 2.45) is 0 Å². The molecule has 1 N–H and O–H groups in total. The van der Waals surface area contributed by atoms with Crippen molar-refractivity contribution in [3.63, 3.8) is 0 Å². The van der Waals surface area contributed by atoms with Gasteiger partial charge in [0.25, 0.3) is 0 Å². The van der Waals surface area contributed by atoms with Gasteiger partial charge in [0.05, 0.1) is 6.61 Å². The van der Waals surface area contributed by atoms with Crippen LogP contribution in [0.3, 0.4) is 0 Å². The number of Topliss-reactive ketones (excluding diaryl/α,β-unsaturated/α-hetero) is 1. The first-order chi connectivity index (χ1) is 10.3. The van der Waals surface area contributed by atoms with Crippen LogP contribution >= 0.6 is 0 Å². The first-order valence-electron chi connectivity index (χ1n) is 7.21. The smallest absolute Gasteiger partial charge is 0.163 e. The normalized spacial score (nSPS) is 10.3. The molecule has 3 nitrogen and oxygen atoms in total. The topological polar surface area (TPSA) is 46.5 Å². The van der Waals surface area contributed by atoms with E-state index in [0.29, 0.717) is 25.9 Å². The molecule has 0 aromatic heterocycles. The van der Waals surface area contributed by atoms with E-state index in [9.17, 15) is 4.79 Å². The average Bonchev–Trinajstić information content (AvgIpc) is 2.54. The molecule has 0 radical (unpaired) electrons. The molecule has 0 spiro atoms. The van der Waals surface area contributed by atoms with E-state index in [1.54, 1.807) is 0 Å². The Morgan fingerprint density at radius 3 is 2.48 bits per heavy atom. The van der Waals surface area contributed by atoms with Crippen LogP contribution in [0.1, 0.15) is 28.8 Å². The number of hydrogen-bond acceptors (Lipinski definition) is 3. The highest BCUT2D eigenvalue weighted by molar-refractivity contribution is 5.95. The van der Waals surface area contributed by atoms with Gasteiger partial charge >= 0.3 is 0 Å². The minimum atomic E-state index is 0.104. The maximum atomic E-state index is 11.9. The molecule has 0 saturated heterocycles. The number of aliphatic hydroxyl groups is 1. The van der Waals surface area contributed by atoms with Crippen LogP contribution in [0, 0.1) is 0 Å². The van der Waals surface area contributed by atoms with Crippen molar-refractivity contribution < 1.29 is 14.6 Å². The summed E-state index contributed by atoms with van der Waals surface area (Å²) in [4.78, 5) is 11.9. The molecule has 0 unspecified atom stereocenters. The number of benzene rings is 2. The van der Waals surface area contributed by atoms with E-state index < -0.39 is 0 Å². The summed E-state index contributed by atoms with van der Waals surface area (Å²) >= 11 is 0. The zero-order chi connectivity index (χ0) is 14.9. The standard InChI is InChI=1S/C18H20O3/c19-13-12-16-9-4-5-11-18(16)21-14-6-10-17(20)15-7-2-1-3-8-15/h1-5,7-9,11,19H,6,10,12-14H2. The molecule has 0 heterocycles. The van der Waals surface area contributed by atoms with Crippen molar-refractivity contribution in [3.05, 3.63) is 65.7 Å². The van der Waals surface area contributed by atoms with Crippen molar-refractivity contribution in [1.82, 2.24) is 0 Å². The Balaban J connectivity index is 1.79. The van der Waals surface area contributed by atoms with Crippen LogP contribution in [0.25, 0.3) is 0 Å². The molecule has 0 fully saturated rings. The highest BCUT2D eigenvalue weighted by atomic mass is 16.5. The van der Waals surface area contributed by atoms with Crippen LogP contribution in [0.15, 0.2) is 54.6 Å². The third kappa shape index (κ3) is 4.72. The summed E-state index contributed by atoms with van der Waals surface area (Å²) in [5.41, 5.74) is 1.74. The number of ether oxygens (including phenoxy) is 1. The number of carbonyl (C=O) groups excluding carboxylic acids is 1. The molecular weight excluding hydrogens is 264 g/mol. The van der Waals surface area contributed by atoms with Crippen LogP contribution in [0.4, 0.5) is 0 Å². The third-order valence-corrected chi connectivity index (χ3v) is 3.26. The maximum Gasteiger partial charge on any atom is 0.163 e. The molecule has 110 valence electrons. The third-order valence-electron chi connectivity index (χ3n) is 3.26. The molecule has 2 aromatic rings. The zero-order valence-electron chi connectivity index (χ0n) is 12.0. The Morgan fingerprint density at radius 2 is 1.71 bits per heavy atom. The molecule has 2 aromatic carbocycles. The second-order valence-corrected chi connectivity index (χ2v) is 4.82. The predicted octanol–water partition coefficient (Wildman–Crippen LogP) is 3.26. The van der Waals surface area contributed by atoms with E-state index >= 15 is 0 Å². The van der Waals surface area contributed by atoms with Crippen molar-refractivity contribution in [1.29, 1.82) is 0 Å². The first kappa shape index (κ1) is 15.3. The van der Waals surface area contributed by atoms with Crippen molar-refractivity contribution in [2.75, 3.05) is 13.2 Å². The molecule has 0 atom stereocenters. The SMILES string of the molecule is O=C(CCCOc1ccccc1CCO)c1ccccc1. The Hall–Kier alpha value is -2.13. The number of rotatable bonds is 8. The van der Waals surface area contributed by atoms with E-state index in [0.717, 1.165) is 16.9 Å². The van der Waals surface area contributed by atoms with Gasteiger partial charge in [-0.25, -0.2) is 0 Å². The van der Waals surface area contributed by atoms with E-state index in [2.05, 4.69) is 0 Å². The lowest BCUT2D eigenvalue weighted by Gasteiger charge is -2.10. The van der Waals surface area contributed by atoms with Crippen LogP contribution in [0.5, 0.6) is 5.75 Å². The average molecular weight is 284 g/mol. The molecule has 0 aliphatic carbocycles. The summed E-state index contributed by atoms with van der Waals surface area (Å²) in [6.45, 7) is 0.605. The molecule has 0 aliphatic rings. The van der Waals surface area contributed by atoms with Gasteiger partial charge in [-0.2, -0.15) is 0 Å². The Labute approximate surface area is 125 Å². The summed E-state index contributed by atoms with van der Waals surface area (Å²) < 4.78 is 5.71. The minimum Gasteiger partial charge on any atom is -0.493 e. The van der Waals surface area contributed by atoms with Gasteiger partial charge in [0.1, 0.15) is 5.75 Å². The fourth-order valence-electron chi connectivity index (χ4n) is 2.15. The highest BCUT2D eigenvalue weighted by Crippen LogP contribution is 2.18. The first-order valence-corrected chi connectivity index (χ1v) is 7.21. The molecule has 0 bridgehead atoms. The lowest BCUT2D eigenvalue weighted by atomic mass is 10.1. The summed E-state index contributed by atoms with van der Waals surface area (Å²) in [6.07, 6.45) is 1.74. The van der Waals surface area contributed by atoms with Crippen molar-refractivity contribution in [3.8, 4) is 5.75 Å². The number of hydrogen-bond donors (Lipinski definition) is 1. The number of aliphatic hydroxyl groups excluding tert-OH is 1. The molecule has 0 saturated carbocycles. The largest absolute Gasteiger partial charge is 0.493 e. The second-order valence-electron chi connectivity index (χ2n) is 4.82. The predicted molar refractivity (Wildman–Crippen MR) is 82.7 cm³/mol. The summed E-state index contributed by atoms with van der Waals surface area (Å²) in [5.74, 6) is 0.932. The van der Waals surface area contributed by atoms with Gasteiger partial charge in [0, 0.05) is 18.6 Å². The van der Waals surface area contributed by atoms with Crippen LogP contribution in [-0.4, -0.2) is 24.1 Å². The van der Waals surface area contributed by atoms with E-state index in [1.165, 1.54) is 0 Å². The molecule has 21 heavy (non-hydrogen) atoms. The second kappa shape index (κ2) is 8.22. The van der Waals surface area contributed by atoms with Crippen molar-refractivity contribution in [2.45, 2.75) is 19.3 Å². The number of ketones is 1. The quantitative estimate of drug-likeness (QED) is 0.598. The maximum absolute atomic E-state index is 11.9. The van der Waals surface area contributed by atoms with Gasteiger partial charge in [-0.3, -0.25) is 4.79 Å².